The third-order valence-electron chi connectivity index (χ3n) is 1.85. The van der Waals surface area contributed by atoms with Crippen molar-refractivity contribution in [1.29, 1.82) is 0 Å². The van der Waals surface area contributed by atoms with Crippen LogP contribution in [0.3, 0.4) is 0 Å². The van der Waals surface area contributed by atoms with Crippen molar-refractivity contribution in [3.05, 3.63) is 12.7 Å². The third kappa shape index (κ3) is 2.87. The second kappa shape index (κ2) is 3.70. The molecule has 0 aliphatic carbocycles. The van der Waals surface area contributed by atoms with Gasteiger partial charge in [0.2, 0.25) is 0 Å². The fraction of sp³-hybridized carbons (Fsp3) is 0.700. The molecule has 0 rings (SSSR count). The van der Waals surface area contributed by atoms with Crippen molar-refractivity contribution >= 4 is 5.78 Å². The fourth-order valence-corrected chi connectivity index (χ4v) is 1.24. The molecule has 0 aromatic carbocycles. The van der Waals surface area contributed by atoms with Gasteiger partial charge >= 0.3 is 0 Å². The Morgan fingerprint density at radius 3 is 2.27 bits per heavy atom. The van der Waals surface area contributed by atoms with Crippen LogP contribution in [0, 0.1) is 11.3 Å². The van der Waals surface area contributed by atoms with Crippen LogP contribution in [0.4, 0.5) is 0 Å². The maximum Gasteiger partial charge on any atom is 0.141 e. The minimum atomic E-state index is -0.226. The number of carbonyl (C=O) groups excluding carboxylic acids is 1. The topological polar surface area (TPSA) is 17.1 Å². The average molecular weight is 154 g/mol. The molecule has 1 heteroatoms. The number of hydrogen-bond acceptors (Lipinski definition) is 1. The molecular weight excluding hydrogens is 136 g/mol. The van der Waals surface area contributed by atoms with Gasteiger partial charge in [-0.25, -0.2) is 0 Å². The summed E-state index contributed by atoms with van der Waals surface area (Å²) in [5.41, 5.74) is -0.226. The first kappa shape index (κ1) is 10.4. The Bertz CT molecular complexity index is 154. The number of ketones is 1. The normalized spacial score (nSPS) is 11.7. The van der Waals surface area contributed by atoms with Crippen LogP contribution in [0.2, 0.25) is 0 Å². The van der Waals surface area contributed by atoms with Crippen molar-refractivity contribution in [3.63, 3.8) is 0 Å². The van der Waals surface area contributed by atoms with E-state index in [9.17, 15) is 4.79 Å². The Morgan fingerprint density at radius 2 is 2.00 bits per heavy atom. The molecule has 0 aliphatic rings. The lowest BCUT2D eigenvalue weighted by molar-refractivity contribution is -0.130. The number of hydrogen-bond donors (Lipinski definition) is 0. The van der Waals surface area contributed by atoms with E-state index in [0.29, 0.717) is 5.78 Å². The van der Waals surface area contributed by atoms with E-state index in [-0.39, 0.29) is 11.3 Å². The lowest BCUT2D eigenvalue weighted by Gasteiger charge is -2.23. The molecule has 0 saturated heterocycles. The second-order valence-corrected chi connectivity index (χ2v) is 3.90. The van der Waals surface area contributed by atoms with Crippen LogP contribution < -0.4 is 0 Å². The monoisotopic (exact) mass is 154 g/mol. The van der Waals surface area contributed by atoms with E-state index in [1.54, 1.807) is 6.08 Å². The zero-order chi connectivity index (χ0) is 9.07. The molecule has 0 aliphatic heterocycles. The summed E-state index contributed by atoms with van der Waals surface area (Å²) >= 11 is 0. The molecule has 0 fully saturated rings. The van der Waals surface area contributed by atoms with E-state index >= 15 is 0 Å². The standard InChI is InChI=1S/C10H18O/c1-6-7-10(4,5)9(11)8(2)3/h6,8H,1,7H2,2-5H3. The Hall–Kier alpha value is -0.590. The van der Waals surface area contributed by atoms with Gasteiger partial charge in [0, 0.05) is 11.3 Å². The molecule has 0 amide bonds. The molecule has 0 aromatic heterocycles. The van der Waals surface area contributed by atoms with Gasteiger partial charge in [-0.3, -0.25) is 4.79 Å². The average Bonchev–Trinajstić information content (AvgIpc) is 1.86. The highest BCUT2D eigenvalue weighted by atomic mass is 16.1. The summed E-state index contributed by atoms with van der Waals surface area (Å²) in [6, 6.07) is 0. The molecule has 11 heavy (non-hydrogen) atoms. The molecule has 0 heterocycles. The zero-order valence-corrected chi connectivity index (χ0v) is 7.98. The van der Waals surface area contributed by atoms with Crippen LogP contribution in [0.5, 0.6) is 0 Å². The maximum atomic E-state index is 11.5. The molecule has 0 N–H and O–H groups in total. The lowest BCUT2D eigenvalue weighted by atomic mass is 9.80. The summed E-state index contributed by atoms with van der Waals surface area (Å²) in [6.07, 6.45) is 2.57. The number of Topliss-reactive ketones (excluding diaryl/α,β-unsaturated/α-hetero) is 1. The minimum Gasteiger partial charge on any atom is -0.299 e. The van der Waals surface area contributed by atoms with E-state index < -0.39 is 0 Å². The Labute approximate surface area is 69.5 Å². The fourth-order valence-electron chi connectivity index (χ4n) is 1.24. The van der Waals surface area contributed by atoms with E-state index in [4.69, 9.17) is 0 Å². The summed E-state index contributed by atoms with van der Waals surface area (Å²) in [5.74, 6) is 0.447. The van der Waals surface area contributed by atoms with E-state index in [1.165, 1.54) is 0 Å². The highest BCUT2D eigenvalue weighted by molar-refractivity contribution is 5.85. The zero-order valence-electron chi connectivity index (χ0n) is 7.98. The van der Waals surface area contributed by atoms with Crippen LogP contribution >= 0.6 is 0 Å². The Kier molecular flexibility index (Phi) is 3.50. The molecule has 64 valence electrons. The maximum absolute atomic E-state index is 11.5. The van der Waals surface area contributed by atoms with Crippen molar-refractivity contribution in [2.24, 2.45) is 11.3 Å². The van der Waals surface area contributed by atoms with Gasteiger partial charge in [0.1, 0.15) is 5.78 Å². The Morgan fingerprint density at radius 1 is 1.55 bits per heavy atom. The van der Waals surface area contributed by atoms with Gasteiger partial charge in [-0.05, 0) is 6.42 Å². The van der Waals surface area contributed by atoms with E-state index in [0.717, 1.165) is 6.42 Å². The SMILES string of the molecule is C=CCC(C)(C)C(=O)C(C)C. The van der Waals surface area contributed by atoms with Gasteiger partial charge in [0.15, 0.2) is 0 Å². The predicted molar refractivity (Wildman–Crippen MR) is 48.4 cm³/mol. The molecule has 0 bridgehead atoms. The van der Waals surface area contributed by atoms with Gasteiger partial charge in [-0.15, -0.1) is 6.58 Å². The van der Waals surface area contributed by atoms with Gasteiger partial charge in [-0.2, -0.15) is 0 Å². The van der Waals surface area contributed by atoms with Gasteiger partial charge in [-0.1, -0.05) is 33.8 Å². The van der Waals surface area contributed by atoms with Crippen LogP contribution in [0.25, 0.3) is 0 Å². The van der Waals surface area contributed by atoms with Crippen molar-refractivity contribution in [2.45, 2.75) is 34.1 Å². The largest absolute Gasteiger partial charge is 0.299 e. The van der Waals surface area contributed by atoms with Crippen molar-refractivity contribution < 1.29 is 4.79 Å². The van der Waals surface area contributed by atoms with Crippen LogP contribution in [-0.4, -0.2) is 5.78 Å². The van der Waals surface area contributed by atoms with Crippen LogP contribution in [0.1, 0.15) is 34.1 Å². The van der Waals surface area contributed by atoms with Crippen LogP contribution in [-0.2, 0) is 4.79 Å². The molecular formula is C10H18O. The van der Waals surface area contributed by atoms with Gasteiger partial charge in [0.25, 0.3) is 0 Å². The molecule has 1 nitrogen and oxygen atoms in total. The molecule has 0 spiro atoms. The van der Waals surface area contributed by atoms with Crippen LogP contribution in [0.15, 0.2) is 12.7 Å². The Balaban J connectivity index is 4.28. The summed E-state index contributed by atoms with van der Waals surface area (Å²) in [7, 11) is 0. The highest BCUT2D eigenvalue weighted by Crippen LogP contribution is 2.25. The van der Waals surface area contributed by atoms with Crippen molar-refractivity contribution in [2.75, 3.05) is 0 Å². The van der Waals surface area contributed by atoms with Gasteiger partial charge < -0.3 is 0 Å². The smallest absolute Gasteiger partial charge is 0.141 e. The summed E-state index contributed by atoms with van der Waals surface area (Å²) in [4.78, 5) is 11.5. The molecule has 0 saturated carbocycles. The first-order chi connectivity index (χ1) is 4.91. The number of allylic oxidation sites excluding steroid dienone is 1. The van der Waals surface area contributed by atoms with E-state index in [1.807, 2.05) is 27.7 Å². The molecule has 0 aromatic rings. The number of carbonyl (C=O) groups is 1. The first-order valence-electron chi connectivity index (χ1n) is 4.07. The summed E-state index contributed by atoms with van der Waals surface area (Å²) in [6.45, 7) is 11.4. The predicted octanol–water partition coefficient (Wildman–Crippen LogP) is 2.81. The van der Waals surface area contributed by atoms with Crippen molar-refractivity contribution in [3.8, 4) is 0 Å². The quantitative estimate of drug-likeness (QED) is 0.569. The third-order valence-corrected chi connectivity index (χ3v) is 1.85. The minimum absolute atomic E-state index is 0.130. The lowest BCUT2D eigenvalue weighted by Crippen LogP contribution is -2.27. The van der Waals surface area contributed by atoms with Gasteiger partial charge in [0.05, 0.1) is 0 Å². The molecule has 0 radical (unpaired) electrons. The second-order valence-electron chi connectivity index (χ2n) is 3.90. The highest BCUT2D eigenvalue weighted by Gasteiger charge is 2.27. The van der Waals surface area contributed by atoms with E-state index in [2.05, 4.69) is 6.58 Å². The first-order valence-corrected chi connectivity index (χ1v) is 4.07. The summed E-state index contributed by atoms with van der Waals surface area (Å²) < 4.78 is 0. The van der Waals surface area contributed by atoms with Crippen molar-refractivity contribution in [1.82, 2.24) is 0 Å². The number of rotatable bonds is 4. The molecule has 0 unspecified atom stereocenters. The summed E-state index contributed by atoms with van der Waals surface area (Å²) in [5, 5.41) is 0. The molecule has 0 atom stereocenters.